The van der Waals surface area contributed by atoms with Crippen molar-refractivity contribution in [3.05, 3.63) is 59.6 Å². The topological polar surface area (TPSA) is 61.7 Å². The molecular formula is C20H21F2N5O. The maximum absolute atomic E-state index is 14.6. The summed E-state index contributed by atoms with van der Waals surface area (Å²) in [5.41, 5.74) is 1.72. The zero-order chi connectivity index (χ0) is 19.8. The number of hydrogen-bond donors (Lipinski definition) is 2. The van der Waals surface area contributed by atoms with Crippen molar-refractivity contribution < 1.29 is 13.6 Å². The Labute approximate surface area is 161 Å². The third-order valence-electron chi connectivity index (χ3n) is 4.82. The zero-order valence-electron chi connectivity index (χ0n) is 15.7. The van der Waals surface area contributed by atoms with Crippen molar-refractivity contribution in [1.82, 2.24) is 14.7 Å². The van der Waals surface area contributed by atoms with Crippen LogP contribution in [0.25, 0.3) is 5.65 Å². The number of hydrogen-bond acceptors (Lipinski definition) is 4. The fourth-order valence-electron chi connectivity index (χ4n) is 3.50. The molecule has 0 bridgehead atoms. The number of halogens is 2. The Morgan fingerprint density at radius 3 is 2.82 bits per heavy atom. The van der Waals surface area contributed by atoms with Crippen LogP contribution in [0, 0.1) is 18.6 Å². The van der Waals surface area contributed by atoms with E-state index < -0.39 is 17.5 Å². The van der Waals surface area contributed by atoms with Gasteiger partial charge in [0.25, 0.3) is 5.91 Å². The maximum Gasteiger partial charge on any atom is 0.258 e. The Morgan fingerprint density at radius 1 is 1.25 bits per heavy atom. The first kappa shape index (κ1) is 18.4. The van der Waals surface area contributed by atoms with Gasteiger partial charge in [-0.2, -0.15) is 0 Å². The van der Waals surface area contributed by atoms with Crippen LogP contribution in [0.4, 0.5) is 20.2 Å². The largest absolute Gasteiger partial charge is 0.369 e. The molecule has 0 saturated carbocycles. The number of amides is 1. The molecule has 1 aliphatic heterocycles. The first-order valence-electron chi connectivity index (χ1n) is 9.15. The van der Waals surface area contributed by atoms with E-state index in [1.54, 1.807) is 25.4 Å². The van der Waals surface area contributed by atoms with Gasteiger partial charge in [-0.05, 0) is 32.0 Å². The average molecular weight is 385 g/mol. The van der Waals surface area contributed by atoms with Crippen molar-refractivity contribution in [2.75, 3.05) is 29.9 Å². The van der Waals surface area contributed by atoms with E-state index in [-0.39, 0.29) is 16.9 Å². The minimum Gasteiger partial charge on any atom is -0.369 e. The summed E-state index contributed by atoms with van der Waals surface area (Å²) in [7, 11) is 0. The second kappa shape index (κ2) is 7.20. The summed E-state index contributed by atoms with van der Waals surface area (Å²) in [5.74, 6) is -1.80. The van der Waals surface area contributed by atoms with Crippen LogP contribution < -0.4 is 15.5 Å². The van der Waals surface area contributed by atoms with Gasteiger partial charge in [0, 0.05) is 49.8 Å². The molecule has 1 saturated heterocycles. The summed E-state index contributed by atoms with van der Waals surface area (Å²) in [4.78, 5) is 18.7. The Bertz CT molecular complexity index is 1050. The summed E-state index contributed by atoms with van der Waals surface area (Å²) in [5, 5.41) is 5.89. The highest BCUT2D eigenvalue weighted by Crippen LogP contribution is 2.22. The van der Waals surface area contributed by atoms with Crippen molar-refractivity contribution in [2.45, 2.75) is 19.9 Å². The molecule has 2 N–H and O–H groups in total. The van der Waals surface area contributed by atoms with Crippen molar-refractivity contribution in [3.8, 4) is 0 Å². The molecular weight excluding hydrogens is 364 g/mol. The van der Waals surface area contributed by atoms with Gasteiger partial charge in [-0.25, -0.2) is 13.8 Å². The number of anilines is 2. The number of carbonyl (C=O) groups excluding carboxylic acids is 1. The third kappa shape index (κ3) is 3.55. The molecule has 1 aliphatic rings. The summed E-state index contributed by atoms with van der Waals surface area (Å²) in [6.07, 6.45) is 3.20. The van der Waals surface area contributed by atoms with E-state index in [0.717, 1.165) is 25.3 Å². The summed E-state index contributed by atoms with van der Waals surface area (Å²) < 4.78 is 30.3. The minimum atomic E-state index is -0.631. The molecule has 8 heteroatoms. The molecule has 1 aromatic carbocycles. The number of pyridine rings is 1. The lowest BCUT2D eigenvalue weighted by Crippen LogP contribution is -2.49. The number of nitrogens with zero attached hydrogens (tertiary/aromatic N) is 3. The number of rotatable bonds is 3. The maximum atomic E-state index is 14.6. The van der Waals surface area contributed by atoms with Gasteiger partial charge in [0.1, 0.15) is 5.82 Å². The molecule has 1 unspecified atom stereocenters. The third-order valence-corrected chi connectivity index (χ3v) is 4.82. The Balaban J connectivity index is 1.55. The number of aromatic nitrogens is 2. The summed E-state index contributed by atoms with van der Waals surface area (Å²) in [6, 6.07) is 6.06. The molecule has 6 nitrogen and oxygen atoms in total. The van der Waals surface area contributed by atoms with Crippen LogP contribution in [0.1, 0.15) is 23.0 Å². The molecule has 0 radical (unpaired) electrons. The lowest BCUT2D eigenvalue weighted by Gasteiger charge is -2.33. The molecule has 2 aromatic heterocycles. The first-order valence-corrected chi connectivity index (χ1v) is 9.15. The van der Waals surface area contributed by atoms with Crippen LogP contribution in [-0.4, -0.2) is 41.0 Å². The first-order chi connectivity index (χ1) is 13.4. The number of fused-ring (bicyclic) bond motifs is 1. The Kier molecular flexibility index (Phi) is 4.72. The van der Waals surface area contributed by atoms with E-state index in [1.807, 2.05) is 0 Å². The molecule has 1 atom stereocenters. The lowest BCUT2D eigenvalue weighted by molar-refractivity contribution is 0.102. The summed E-state index contributed by atoms with van der Waals surface area (Å²) in [6.45, 7) is 6.20. The molecule has 3 aromatic rings. The van der Waals surface area contributed by atoms with Gasteiger partial charge in [0.15, 0.2) is 11.5 Å². The molecule has 28 heavy (non-hydrogen) atoms. The Hall–Kier alpha value is -3.00. The van der Waals surface area contributed by atoms with Crippen molar-refractivity contribution in [3.63, 3.8) is 0 Å². The van der Waals surface area contributed by atoms with Crippen LogP contribution in [0.5, 0.6) is 0 Å². The summed E-state index contributed by atoms with van der Waals surface area (Å²) >= 11 is 0. The number of imidazole rings is 1. The number of carbonyl (C=O) groups is 1. The number of benzene rings is 1. The molecule has 0 spiro atoms. The highest BCUT2D eigenvalue weighted by atomic mass is 19.1. The standard InChI is InChI=1S/C20H21F2N5O/c1-12-9-26(6-5-23-12)15-3-4-16(17(21)8-15)20(28)25-14-7-18(22)19-24-13(2)10-27(19)11-14/h3-4,7-8,10-12,23H,5-6,9H2,1-2H3,(H,25,28). The molecule has 3 heterocycles. The molecule has 146 valence electrons. The van der Waals surface area contributed by atoms with Crippen LogP contribution in [0.3, 0.4) is 0 Å². The second-order valence-corrected chi connectivity index (χ2v) is 7.11. The molecule has 1 amide bonds. The van der Waals surface area contributed by atoms with Gasteiger partial charge < -0.3 is 19.9 Å². The number of piperazine rings is 1. The number of aryl methyl sites for hydroxylation is 1. The monoisotopic (exact) mass is 385 g/mol. The lowest BCUT2D eigenvalue weighted by atomic mass is 10.1. The van der Waals surface area contributed by atoms with E-state index in [4.69, 9.17) is 0 Å². The Morgan fingerprint density at radius 2 is 2.07 bits per heavy atom. The van der Waals surface area contributed by atoms with Gasteiger partial charge in [0.2, 0.25) is 0 Å². The second-order valence-electron chi connectivity index (χ2n) is 7.11. The van der Waals surface area contributed by atoms with Crippen LogP contribution in [0.15, 0.2) is 36.7 Å². The smallest absolute Gasteiger partial charge is 0.258 e. The zero-order valence-corrected chi connectivity index (χ0v) is 15.7. The van der Waals surface area contributed by atoms with Crippen molar-refractivity contribution in [2.24, 2.45) is 0 Å². The fourth-order valence-corrected chi connectivity index (χ4v) is 3.50. The van der Waals surface area contributed by atoms with E-state index in [2.05, 4.69) is 27.4 Å². The van der Waals surface area contributed by atoms with Gasteiger partial charge >= 0.3 is 0 Å². The fraction of sp³-hybridized carbons (Fsp3) is 0.300. The van der Waals surface area contributed by atoms with Crippen molar-refractivity contribution >= 4 is 22.9 Å². The molecule has 0 aliphatic carbocycles. The van der Waals surface area contributed by atoms with E-state index in [9.17, 15) is 13.6 Å². The average Bonchev–Trinajstić information content (AvgIpc) is 3.02. The normalized spacial score (nSPS) is 17.1. The minimum absolute atomic E-state index is 0.0887. The van der Waals surface area contributed by atoms with E-state index >= 15 is 0 Å². The quantitative estimate of drug-likeness (QED) is 0.728. The van der Waals surface area contributed by atoms with Gasteiger partial charge in [-0.15, -0.1) is 0 Å². The van der Waals surface area contributed by atoms with Crippen molar-refractivity contribution in [1.29, 1.82) is 0 Å². The number of nitrogens with one attached hydrogen (secondary N) is 2. The highest BCUT2D eigenvalue weighted by molar-refractivity contribution is 6.04. The SMILES string of the molecule is Cc1cn2cc(NC(=O)c3ccc(N4CCNC(C)C4)cc3F)cc(F)c2n1. The van der Waals surface area contributed by atoms with Crippen LogP contribution in [0.2, 0.25) is 0 Å². The van der Waals surface area contributed by atoms with E-state index in [1.165, 1.54) is 22.6 Å². The van der Waals surface area contributed by atoms with Crippen LogP contribution >= 0.6 is 0 Å². The molecule has 1 fully saturated rings. The predicted octanol–water partition coefficient (Wildman–Crippen LogP) is 2.97. The van der Waals surface area contributed by atoms with Crippen LogP contribution in [-0.2, 0) is 0 Å². The van der Waals surface area contributed by atoms with Gasteiger partial charge in [-0.3, -0.25) is 4.79 Å². The predicted molar refractivity (Wildman–Crippen MR) is 104 cm³/mol. The van der Waals surface area contributed by atoms with Gasteiger partial charge in [-0.1, -0.05) is 0 Å². The molecule has 4 rings (SSSR count). The van der Waals surface area contributed by atoms with Gasteiger partial charge in [0.05, 0.1) is 16.9 Å². The van der Waals surface area contributed by atoms with E-state index in [0.29, 0.717) is 11.7 Å². The highest BCUT2D eigenvalue weighted by Gasteiger charge is 2.19.